The summed E-state index contributed by atoms with van der Waals surface area (Å²) in [5.41, 5.74) is -1.65. The third-order valence-corrected chi connectivity index (χ3v) is 9.84. The first kappa shape index (κ1) is 27.6. The van der Waals surface area contributed by atoms with Crippen LogP contribution in [0.2, 0.25) is 10.0 Å². The minimum atomic E-state index is -4.45. The zero-order valence-electron chi connectivity index (χ0n) is 21.6. The van der Waals surface area contributed by atoms with Gasteiger partial charge in [0.05, 0.1) is 24.8 Å². The maximum Gasteiger partial charge on any atom is 0.265 e. The molecule has 1 amide bonds. The van der Waals surface area contributed by atoms with Crippen molar-refractivity contribution in [1.29, 1.82) is 0 Å². The van der Waals surface area contributed by atoms with E-state index in [2.05, 4.69) is 0 Å². The van der Waals surface area contributed by atoms with Crippen molar-refractivity contribution >= 4 is 44.8 Å². The Labute approximate surface area is 237 Å². The Bertz CT molecular complexity index is 1550. The minimum Gasteiger partial charge on any atom is -0.493 e. The number of methoxy groups -OCH3 is 2. The molecule has 3 aromatic carbocycles. The number of hydrogen-bond acceptors (Lipinski definition) is 6. The first-order valence-corrected chi connectivity index (χ1v) is 14.6. The van der Waals surface area contributed by atoms with E-state index < -0.39 is 27.6 Å². The number of hydrogen-bond donors (Lipinski definition) is 1. The van der Waals surface area contributed by atoms with Gasteiger partial charge in [0.2, 0.25) is 5.91 Å². The van der Waals surface area contributed by atoms with Crippen LogP contribution in [0.1, 0.15) is 30.9 Å². The Morgan fingerprint density at radius 1 is 1.00 bits per heavy atom. The molecule has 0 bridgehead atoms. The number of sulfonamides is 1. The fourth-order valence-electron chi connectivity index (χ4n) is 5.58. The van der Waals surface area contributed by atoms with Crippen LogP contribution in [-0.4, -0.2) is 57.2 Å². The van der Waals surface area contributed by atoms with Crippen molar-refractivity contribution in [3.63, 3.8) is 0 Å². The predicted octanol–water partition coefficient (Wildman–Crippen LogP) is 4.83. The number of carbonyl (C=O) groups is 1. The molecule has 0 saturated carbocycles. The lowest BCUT2D eigenvalue weighted by atomic mass is 9.82. The summed E-state index contributed by atoms with van der Waals surface area (Å²) >= 11 is 13.0. The lowest BCUT2D eigenvalue weighted by molar-refractivity contribution is -0.137. The van der Waals surface area contributed by atoms with E-state index in [1.807, 2.05) is 6.92 Å². The summed E-state index contributed by atoms with van der Waals surface area (Å²) in [7, 11) is -1.60. The second-order valence-electron chi connectivity index (χ2n) is 9.65. The summed E-state index contributed by atoms with van der Waals surface area (Å²) in [4.78, 5) is 15.8. The molecule has 0 aliphatic carbocycles. The lowest BCUT2D eigenvalue weighted by Crippen LogP contribution is -2.58. The molecule has 206 valence electrons. The Kier molecular flexibility index (Phi) is 7.22. The van der Waals surface area contributed by atoms with Crippen LogP contribution < -0.4 is 13.8 Å². The molecule has 1 saturated heterocycles. The van der Waals surface area contributed by atoms with Crippen LogP contribution in [0.15, 0.2) is 65.6 Å². The standard InChI is InChI=1S/C28H28Cl2N2O6S/c1-17-7-6-14-31(17)27(33)26-28(34,20-8-4-5-9-22(20)30)21-15-18(29)10-12-23(21)32(26)39(35,36)19-11-13-24(37-2)25(16-19)38-3/h4-5,8-13,15-17,26,34H,6-7,14H2,1-3H3/t17-,26?,28?/m0/s1. The molecule has 1 fully saturated rings. The fraction of sp³-hybridized carbons (Fsp3) is 0.321. The third kappa shape index (κ3) is 4.32. The van der Waals surface area contributed by atoms with E-state index in [1.54, 1.807) is 29.2 Å². The van der Waals surface area contributed by atoms with Gasteiger partial charge in [0.15, 0.2) is 17.5 Å². The van der Waals surface area contributed by atoms with Crippen molar-refractivity contribution in [3.05, 3.63) is 81.8 Å². The number of rotatable bonds is 6. The number of nitrogens with zero attached hydrogens (tertiary/aromatic N) is 2. The van der Waals surface area contributed by atoms with E-state index >= 15 is 0 Å². The van der Waals surface area contributed by atoms with Gasteiger partial charge < -0.3 is 19.5 Å². The molecule has 2 heterocycles. The van der Waals surface area contributed by atoms with Crippen LogP contribution in [0, 0.1) is 0 Å². The van der Waals surface area contributed by atoms with Gasteiger partial charge in [-0.1, -0.05) is 41.4 Å². The molecule has 39 heavy (non-hydrogen) atoms. The highest BCUT2D eigenvalue weighted by Gasteiger charge is 2.60. The van der Waals surface area contributed by atoms with Crippen molar-refractivity contribution in [2.24, 2.45) is 0 Å². The zero-order valence-corrected chi connectivity index (χ0v) is 23.9. The summed E-state index contributed by atoms with van der Waals surface area (Å²) in [6.07, 6.45) is 1.54. The molecule has 11 heteroatoms. The van der Waals surface area contributed by atoms with Crippen molar-refractivity contribution in [2.75, 3.05) is 25.1 Å². The van der Waals surface area contributed by atoms with Gasteiger partial charge in [-0.05, 0) is 56.2 Å². The molecule has 2 aliphatic rings. The van der Waals surface area contributed by atoms with E-state index in [-0.39, 0.29) is 43.5 Å². The van der Waals surface area contributed by atoms with Gasteiger partial charge in [0.1, 0.15) is 5.60 Å². The van der Waals surface area contributed by atoms with Gasteiger partial charge in [-0.3, -0.25) is 4.79 Å². The molecule has 1 N–H and O–H groups in total. The van der Waals surface area contributed by atoms with Crippen molar-refractivity contribution < 1.29 is 27.8 Å². The highest BCUT2D eigenvalue weighted by atomic mass is 35.5. The van der Waals surface area contributed by atoms with Crippen LogP contribution >= 0.6 is 23.2 Å². The Hall–Kier alpha value is -2.98. The summed E-state index contributed by atoms with van der Waals surface area (Å²) in [6, 6.07) is 13.5. The number of halogens is 2. The molecule has 0 radical (unpaired) electrons. The van der Waals surface area contributed by atoms with Gasteiger partial charge in [-0.2, -0.15) is 0 Å². The normalized spacial score (nSPS) is 22.6. The lowest BCUT2D eigenvalue weighted by Gasteiger charge is -2.38. The average molecular weight is 592 g/mol. The van der Waals surface area contributed by atoms with Gasteiger partial charge in [0, 0.05) is 39.8 Å². The van der Waals surface area contributed by atoms with E-state index in [0.717, 1.165) is 17.1 Å². The van der Waals surface area contributed by atoms with Crippen LogP contribution in [0.5, 0.6) is 11.5 Å². The van der Waals surface area contributed by atoms with Gasteiger partial charge in [-0.25, -0.2) is 12.7 Å². The Morgan fingerprint density at radius 3 is 2.36 bits per heavy atom. The van der Waals surface area contributed by atoms with Gasteiger partial charge in [-0.15, -0.1) is 0 Å². The predicted molar refractivity (Wildman–Crippen MR) is 149 cm³/mol. The average Bonchev–Trinajstić information content (AvgIpc) is 3.47. The molecule has 0 aromatic heterocycles. The largest absolute Gasteiger partial charge is 0.493 e. The summed E-state index contributed by atoms with van der Waals surface area (Å²) in [5.74, 6) is 0.0152. The number of benzene rings is 3. The minimum absolute atomic E-state index is 0.127. The number of amides is 1. The molecule has 5 rings (SSSR count). The number of likely N-dealkylation sites (tertiary alicyclic amines) is 1. The molecule has 8 nitrogen and oxygen atoms in total. The van der Waals surface area contributed by atoms with Crippen molar-refractivity contribution in [3.8, 4) is 11.5 Å². The first-order chi connectivity index (χ1) is 18.5. The van der Waals surface area contributed by atoms with Crippen molar-refractivity contribution in [1.82, 2.24) is 4.90 Å². The second-order valence-corrected chi connectivity index (χ2v) is 12.3. The van der Waals surface area contributed by atoms with E-state index in [1.165, 1.54) is 50.6 Å². The molecular weight excluding hydrogens is 563 g/mol. The third-order valence-electron chi connectivity index (χ3n) is 7.50. The Morgan fingerprint density at radius 2 is 1.72 bits per heavy atom. The summed E-state index contributed by atoms with van der Waals surface area (Å²) < 4.78 is 40.5. The highest BCUT2D eigenvalue weighted by molar-refractivity contribution is 7.93. The highest BCUT2D eigenvalue weighted by Crippen LogP contribution is 2.53. The number of aliphatic hydroxyl groups is 1. The topological polar surface area (TPSA) is 96.4 Å². The van der Waals surface area contributed by atoms with Gasteiger partial charge >= 0.3 is 0 Å². The molecule has 0 spiro atoms. The van der Waals surface area contributed by atoms with Crippen LogP contribution in [0.3, 0.4) is 0 Å². The fourth-order valence-corrected chi connectivity index (χ4v) is 7.69. The summed E-state index contributed by atoms with van der Waals surface area (Å²) in [5, 5.41) is 13.1. The second kappa shape index (κ2) is 10.2. The first-order valence-electron chi connectivity index (χ1n) is 12.4. The van der Waals surface area contributed by atoms with Crippen LogP contribution in [0.25, 0.3) is 0 Å². The zero-order chi connectivity index (χ0) is 28.1. The van der Waals surface area contributed by atoms with Crippen LogP contribution in [-0.2, 0) is 20.4 Å². The molecule has 2 aliphatic heterocycles. The SMILES string of the molecule is COc1ccc(S(=O)(=O)N2c3ccc(Cl)cc3C(O)(c3ccccc3Cl)C2C(=O)N2CCC[C@@H]2C)cc1OC. The quantitative estimate of drug-likeness (QED) is 0.441. The summed E-state index contributed by atoms with van der Waals surface area (Å²) in [6.45, 7) is 2.35. The van der Waals surface area contributed by atoms with Crippen LogP contribution in [0.4, 0.5) is 5.69 Å². The Balaban J connectivity index is 1.80. The van der Waals surface area contributed by atoms with Gasteiger partial charge in [0.25, 0.3) is 10.0 Å². The van der Waals surface area contributed by atoms with E-state index in [9.17, 15) is 18.3 Å². The molecule has 3 atom stereocenters. The maximum atomic E-state index is 14.4. The smallest absolute Gasteiger partial charge is 0.265 e. The number of carbonyl (C=O) groups excluding carboxylic acids is 1. The monoisotopic (exact) mass is 590 g/mol. The number of fused-ring (bicyclic) bond motifs is 1. The number of anilines is 1. The molecular formula is C28H28Cl2N2O6S. The molecule has 2 unspecified atom stereocenters. The van der Waals surface area contributed by atoms with Crippen molar-refractivity contribution in [2.45, 2.75) is 42.3 Å². The van der Waals surface area contributed by atoms with E-state index in [0.29, 0.717) is 12.3 Å². The molecule has 3 aromatic rings. The van der Waals surface area contributed by atoms with E-state index in [4.69, 9.17) is 32.7 Å². The number of ether oxygens (including phenoxy) is 2. The maximum absolute atomic E-state index is 14.4.